The Kier molecular flexibility index (Phi) is 6.78. The van der Waals surface area contributed by atoms with Crippen molar-refractivity contribution in [2.24, 2.45) is 17.8 Å². The van der Waals surface area contributed by atoms with E-state index in [1.807, 2.05) is 0 Å². The first-order valence-corrected chi connectivity index (χ1v) is 11.6. The largest absolute Gasteiger partial charge is 0.573 e. The average molecular weight is 453 g/mol. The van der Waals surface area contributed by atoms with Crippen molar-refractivity contribution in [2.45, 2.75) is 70.6 Å². The summed E-state index contributed by atoms with van der Waals surface area (Å²) in [6, 6.07) is 7.42. The molecular formula is C26H29F5O. The molecule has 4 atom stereocenters. The number of ether oxygens (including phenoxy) is 1. The molecular weight excluding hydrogens is 423 g/mol. The summed E-state index contributed by atoms with van der Waals surface area (Å²) in [7, 11) is 0. The summed E-state index contributed by atoms with van der Waals surface area (Å²) >= 11 is 0. The molecule has 2 aromatic carbocycles. The maximum atomic E-state index is 14.9. The van der Waals surface area contributed by atoms with Gasteiger partial charge in [-0.1, -0.05) is 38.3 Å². The van der Waals surface area contributed by atoms with Crippen LogP contribution >= 0.6 is 0 Å². The number of fused-ring (bicyclic) bond motifs is 1. The monoisotopic (exact) mass is 452 g/mol. The van der Waals surface area contributed by atoms with Crippen molar-refractivity contribution in [3.63, 3.8) is 0 Å². The van der Waals surface area contributed by atoms with E-state index in [1.54, 1.807) is 0 Å². The van der Waals surface area contributed by atoms with E-state index in [9.17, 15) is 22.0 Å². The number of hydrogen-bond donors (Lipinski definition) is 0. The molecule has 32 heavy (non-hydrogen) atoms. The number of benzene rings is 2. The number of alkyl halides is 3. The standard InChI is InChI=1S/C26H29F5O/c1-2-3-16-4-5-19-13-20(7-6-18(19)12-16)21-14-23(27)25(24(28)15-21)17-8-10-22(11-9-17)32-26(29,30)31/h8-11,14-16,18-20H,2-7,12-13H2,1H3. The second-order valence-electron chi connectivity index (χ2n) is 9.43. The van der Waals surface area contributed by atoms with Crippen LogP contribution in [0, 0.1) is 29.4 Å². The molecule has 2 saturated carbocycles. The summed E-state index contributed by atoms with van der Waals surface area (Å²) in [5.41, 5.74) is 0.648. The molecule has 2 aliphatic rings. The van der Waals surface area contributed by atoms with Gasteiger partial charge in [0.25, 0.3) is 0 Å². The maximum Gasteiger partial charge on any atom is 0.573 e. The van der Waals surface area contributed by atoms with Crippen molar-refractivity contribution in [1.29, 1.82) is 0 Å². The van der Waals surface area contributed by atoms with E-state index in [1.165, 1.54) is 56.4 Å². The molecule has 174 valence electrons. The summed E-state index contributed by atoms with van der Waals surface area (Å²) < 4.78 is 70.7. The first-order valence-electron chi connectivity index (χ1n) is 11.6. The molecule has 0 spiro atoms. The number of halogens is 5. The van der Waals surface area contributed by atoms with Crippen LogP contribution in [0.5, 0.6) is 5.75 Å². The van der Waals surface area contributed by atoms with Crippen molar-refractivity contribution in [3.05, 3.63) is 53.6 Å². The van der Waals surface area contributed by atoms with Gasteiger partial charge in [-0.25, -0.2) is 8.78 Å². The van der Waals surface area contributed by atoms with Crippen molar-refractivity contribution in [1.82, 2.24) is 0 Å². The van der Waals surface area contributed by atoms with Crippen molar-refractivity contribution >= 4 is 0 Å². The van der Waals surface area contributed by atoms with Crippen LogP contribution in [-0.2, 0) is 0 Å². The Hall–Kier alpha value is -2.11. The molecule has 2 aromatic rings. The predicted octanol–water partition coefficient (Wildman–Crippen LogP) is 8.63. The van der Waals surface area contributed by atoms with Gasteiger partial charge in [-0.2, -0.15) is 0 Å². The zero-order chi connectivity index (χ0) is 22.9. The minimum atomic E-state index is -4.81. The third kappa shape index (κ3) is 5.26. The highest BCUT2D eigenvalue weighted by Gasteiger charge is 2.36. The second-order valence-corrected chi connectivity index (χ2v) is 9.43. The van der Waals surface area contributed by atoms with Crippen LogP contribution in [0.3, 0.4) is 0 Å². The van der Waals surface area contributed by atoms with Crippen molar-refractivity contribution in [3.8, 4) is 16.9 Å². The molecule has 0 saturated heterocycles. The molecule has 1 nitrogen and oxygen atoms in total. The Labute approximate surface area is 186 Å². The maximum absolute atomic E-state index is 14.9. The Balaban J connectivity index is 1.48. The van der Waals surface area contributed by atoms with Gasteiger partial charge in [0.2, 0.25) is 0 Å². The summed E-state index contributed by atoms with van der Waals surface area (Å²) in [5, 5.41) is 0. The molecule has 2 aliphatic carbocycles. The van der Waals surface area contributed by atoms with Gasteiger partial charge in [0.15, 0.2) is 0 Å². The SMILES string of the molecule is CCCC1CCC2CC(c3cc(F)c(-c4ccc(OC(F)(F)F)cc4)c(F)c3)CCC2C1. The Morgan fingerprint density at radius 2 is 1.50 bits per heavy atom. The Morgan fingerprint density at radius 1 is 0.875 bits per heavy atom. The summed E-state index contributed by atoms with van der Waals surface area (Å²) in [4.78, 5) is 0. The van der Waals surface area contributed by atoms with E-state index >= 15 is 0 Å². The minimum absolute atomic E-state index is 0.152. The predicted molar refractivity (Wildman–Crippen MR) is 114 cm³/mol. The fourth-order valence-corrected chi connectivity index (χ4v) is 5.89. The summed E-state index contributed by atoms with van der Waals surface area (Å²) in [6.45, 7) is 2.24. The van der Waals surface area contributed by atoms with Gasteiger partial charge in [-0.05, 0) is 91.2 Å². The zero-order valence-corrected chi connectivity index (χ0v) is 18.2. The third-order valence-electron chi connectivity index (χ3n) is 7.33. The van der Waals surface area contributed by atoms with Gasteiger partial charge in [0, 0.05) is 0 Å². The van der Waals surface area contributed by atoms with E-state index in [4.69, 9.17) is 0 Å². The van der Waals surface area contributed by atoms with Gasteiger partial charge in [0.05, 0.1) is 5.56 Å². The molecule has 4 rings (SSSR count). The molecule has 0 N–H and O–H groups in total. The molecule has 0 aliphatic heterocycles. The van der Waals surface area contributed by atoms with Crippen LogP contribution in [0.25, 0.3) is 11.1 Å². The number of hydrogen-bond acceptors (Lipinski definition) is 1. The number of rotatable bonds is 5. The first-order chi connectivity index (χ1) is 15.2. The lowest BCUT2D eigenvalue weighted by Crippen LogP contribution is -2.30. The lowest BCUT2D eigenvalue weighted by Gasteiger charge is -2.42. The van der Waals surface area contributed by atoms with Gasteiger partial charge >= 0.3 is 6.36 Å². The summed E-state index contributed by atoms with van der Waals surface area (Å²) in [5.74, 6) is 0.567. The van der Waals surface area contributed by atoms with E-state index in [0.717, 1.165) is 43.2 Å². The van der Waals surface area contributed by atoms with Gasteiger partial charge in [0.1, 0.15) is 17.4 Å². The van der Waals surface area contributed by atoms with Crippen LogP contribution in [0.2, 0.25) is 0 Å². The normalized spacial score (nSPS) is 25.9. The van der Waals surface area contributed by atoms with Crippen LogP contribution in [0.1, 0.15) is 69.8 Å². The molecule has 6 heteroatoms. The topological polar surface area (TPSA) is 9.23 Å². The lowest BCUT2D eigenvalue weighted by molar-refractivity contribution is -0.274. The van der Waals surface area contributed by atoms with E-state index in [2.05, 4.69) is 11.7 Å². The highest BCUT2D eigenvalue weighted by Crippen LogP contribution is 2.48. The zero-order valence-electron chi connectivity index (χ0n) is 18.2. The average Bonchev–Trinajstić information content (AvgIpc) is 2.73. The van der Waals surface area contributed by atoms with Crippen LogP contribution in [0.4, 0.5) is 22.0 Å². The Bertz CT molecular complexity index is 898. The molecule has 0 bridgehead atoms. The molecule has 0 amide bonds. The second kappa shape index (κ2) is 9.40. The highest BCUT2D eigenvalue weighted by atomic mass is 19.4. The van der Waals surface area contributed by atoms with Gasteiger partial charge in [-0.3, -0.25) is 0 Å². The van der Waals surface area contributed by atoms with Crippen LogP contribution < -0.4 is 4.74 Å². The molecule has 0 heterocycles. The van der Waals surface area contributed by atoms with E-state index in [0.29, 0.717) is 11.5 Å². The fraction of sp³-hybridized carbons (Fsp3) is 0.538. The third-order valence-corrected chi connectivity index (χ3v) is 7.33. The summed E-state index contributed by atoms with van der Waals surface area (Å²) in [6.07, 6.45) is 4.52. The lowest BCUT2D eigenvalue weighted by atomic mass is 9.63. The minimum Gasteiger partial charge on any atom is -0.406 e. The molecule has 0 aromatic heterocycles. The van der Waals surface area contributed by atoms with Gasteiger partial charge in [-0.15, -0.1) is 13.2 Å². The quantitative estimate of drug-likeness (QED) is 0.413. The van der Waals surface area contributed by atoms with Gasteiger partial charge < -0.3 is 4.74 Å². The van der Waals surface area contributed by atoms with E-state index in [-0.39, 0.29) is 17.0 Å². The molecule has 0 radical (unpaired) electrons. The highest BCUT2D eigenvalue weighted by molar-refractivity contribution is 5.66. The molecule has 2 fully saturated rings. The van der Waals surface area contributed by atoms with Crippen LogP contribution in [-0.4, -0.2) is 6.36 Å². The van der Waals surface area contributed by atoms with Crippen molar-refractivity contribution in [2.75, 3.05) is 0 Å². The van der Waals surface area contributed by atoms with Crippen molar-refractivity contribution < 1.29 is 26.7 Å². The first kappa shape index (κ1) is 23.1. The van der Waals surface area contributed by atoms with Crippen LogP contribution in [0.15, 0.2) is 36.4 Å². The molecule has 4 unspecified atom stereocenters. The van der Waals surface area contributed by atoms with E-state index < -0.39 is 23.7 Å². The fourth-order valence-electron chi connectivity index (χ4n) is 5.89. The Morgan fingerprint density at radius 3 is 2.12 bits per heavy atom. The smallest absolute Gasteiger partial charge is 0.406 e.